The molecule has 0 spiro atoms. The first-order chi connectivity index (χ1) is 7.51. The highest BCUT2D eigenvalue weighted by molar-refractivity contribution is 9.10. The van der Waals surface area contributed by atoms with Crippen LogP contribution in [-0.2, 0) is 15.1 Å². The number of ether oxygens (including phenoxy) is 1. The number of halogens is 1. The Morgan fingerprint density at radius 3 is 2.44 bits per heavy atom. The van der Waals surface area contributed by atoms with E-state index in [-0.39, 0.29) is 6.42 Å². The van der Waals surface area contributed by atoms with Crippen LogP contribution < -0.4 is 0 Å². The average Bonchev–Trinajstić information content (AvgIpc) is 2.29. The van der Waals surface area contributed by atoms with Crippen LogP contribution in [0, 0.1) is 0 Å². The van der Waals surface area contributed by atoms with Crippen molar-refractivity contribution in [1.82, 2.24) is 0 Å². The van der Waals surface area contributed by atoms with Crippen molar-refractivity contribution in [3.8, 4) is 0 Å². The number of aliphatic hydroxyl groups is 1. The van der Waals surface area contributed by atoms with E-state index in [1.807, 2.05) is 19.1 Å². The van der Waals surface area contributed by atoms with Gasteiger partial charge in [0.25, 0.3) is 0 Å². The van der Waals surface area contributed by atoms with Crippen LogP contribution >= 0.6 is 15.9 Å². The molecule has 0 bridgehead atoms. The Balaban J connectivity index is 2.95. The first-order valence-electron chi connectivity index (χ1n) is 5.07. The molecule has 0 aliphatic rings. The zero-order valence-electron chi connectivity index (χ0n) is 9.37. The molecule has 1 aromatic rings. The van der Waals surface area contributed by atoms with Gasteiger partial charge < -0.3 is 9.84 Å². The molecule has 0 fully saturated rings. The SMILES string of the molecule is CCC(O)(CC(=O)OC)c1ccc(Br)cc1. The fraction of sp³-hybridized carbons (Fsp3) is 0.417. The van der Waals surface area contributed by atoms with Crippen LogP contribution in [0.25, 0.3) is 0 Å². The maximum Gasteiger partial charge on any atom is 0.308 e. The molecule has 4 heteroatoms. The van der Waals surface area contributed by atoms with Gasteiger partial charge in [-0.25, -0.2) is 0 Å². The topological polar surface area (TPSA) is 46.5 Å². The van der Waals surface area contributed by atoms with Gasteiger partial charge in [0.15, 0.2) is 0 Å². The number of hydrogen-bond donors (Lipinski definition) is 1. The number of methoxy groups -OCH3 is 1. The molecule has 0 saturated carbocycles. The van der Waals surface area contributed by atoms with Gasteiger partial charge in [-0.1, -0.05) is 35.0 Å². The minimum absolute atomic E-state index is 0.0262. The summed E-state index contributed by atoms with van der Waals surface area (Å²) < 4.78 is 5.52. The second-order valence-electron chi connectivity index (χ2n) is 3.64. The molecule has 0 amide bonds. The van der Waals surface area contributed by atoms with Crippen molar-refractivity contribution in [3.63, 3.8) is 0 Å². The molecule has 1 atom stereocenters. The number of hydrogen-bond acceptors (Lipinski definition) is 3. The van der Waals surface area contributed by atoms with Crippen molar-refractivity contribution < 1.29 is 14.6 Å². The number of rotatable bonds is 4. The molecule has 1 aromatic carbocycles. The number of benzene rings is 1. The summed E-state index contributed by atoms with van der Waals surface area (Å²) in [6.45, 7) is 1.84. The molecular formula is C12H15BrO3. The Bertz CT molecular complexity index is 361. The largest absolute Gasteiger partial charge is 0.469 e. The van der Waals surface area contributed by atoms with Crippen LogP contribution in [-0.4, -0.2) is 18.2 Å². The lowest BCUT2D eigenvalue weighted by Crippen LogP contribution is -2.28. The smallest absolute Gasteiger partial charge is 0.308 e. The molecule has 1 N–H and O–H groups in total. The van der Waals surface area contributed by atoms with Crippen molar-refractivity contribution in [2.45, 2.75) is 25.4 Å². The van der Waals surface area contributed by atoms with Crippen molar-refractivity contribution in [2.75, 3.05) is 7.11 Å². The van der Waals surface area contributed by atoms with Gasteiger partial charge in [-0.3, -0.25) is 4.79 Å². The van der Waals surface area contributed by atoms with Crippen LogP contribution in [0.2, 0.25) is 0 Å². The first-order valence-corrected chi connectivity index (χ1v) is 5.86. The third kappa shape index (κ3) is 3.06. The van der Waals surface area contributed by atoms with Gasteiger partial charge in [-0.15, -0.1) is 0 Å². The minimum Gasteiger partial charge on any atom is -0.469 e. The monoisotopic (exact) mass is 286 g/mol. The quantitative estimate of drug-likeness (QED) is 0.866. The average molecular weight is 287 g/mol. The van der Waals surface area contributed by atoms with Crippen molar-refractivity contribution in [3.05, 3.63) is 34.3 Å². The Hall–Kier alpha value is -0.870. The molecular weight excluding hydrogens is 272 g/mol. The zero-order chi connectivity index (χ0) is 12.2. The lowest BCUT2D eigenvalue weighted by molar-refractivity contribution is -0.146. The van der Waals surface area contributed by atoms with Gasteiger partial charge in [0.2, 0.25) is 0 Å². The van der Waals surface area contributed by atoms with E-state index in [0.717, 1.165) is 10.0 Å². The standard InChI is InChI=1S/C12H15BrO3/c1-3-12(15,8-11(14)16-2)9-4-6-10(13)7-5-9/h4-7,15H,3,8H2,1-2H3. The fourth-order valence-electron chi connectivity index (χ4n) is 1.50. The summed E-state index contributed by atoms with van der Waals surface area (Å²) in [6, 6.07) is 7.29. The highest BCUT2D eigenvalue weighted by atomic mass is 79.9. The molecule has 1 rings (SSSR count). The summed E-state index contributed by atoms with van der Waals surface area (Å²) in [5, 5.41) is 10.4. The third-order valence-electron chi connectivity index (χ3n) is 2.63. The molecule has 0 saturated heterocycles. The van der Waals surface area contributed by atoms with Gasteiger partial charge in [0.1, 0.15) is 0 Å². The summed E-state index contributed by atoms with van der Waals surface area (Å²) in [4.78, 5) is 11.2. The highest BCUT2D eigenvalue weighted by Crippen LogP contribution is 2.29. The second kappa shape index (κ2) is 5.46. The van der Waals surface area contributed by atoms with Gasteiger partial charge in [0.05, 0.1) is 19.1 Å². The van der Waals surface area contributed by atoms with E-state index < -0.39 is 11.6 Å². The third-order valence-corrected chi connectivity index (χ3v) is 3.16. The van der Waals surface area contributed by atoms with Gasteiger partial charge in [0, 0.05) is 4.47 Å². The van der Waals surface area contributed by atoms with E-state index in [4.69, 9.17) is 0 Å². The Morgan fingerprint density at radius 1 is 1.44 bits per heavy atom. The lowest BCUT2D eigenvalue weighted by Gasteiger charge is -2.26. The lowest BCUT2D eigenvalue weighted by atomic mass is 9.88. The Kier molecular flexibility index (Phi) is 4.50. The van der Waals surface area contributed by atoms with E-state index >= 15 is 0 Å². The minimum atomic E-state index is -1.15. The summed E-state index contributed by atoms with van der Waals surface area (Å²) in [7, 11) is 1.32. The second-order valence-corrected chi connectivity index (χ2v) is 4.56. The van der Waals surface area contributed by atoms with Crippen LogP contribution in [0.15, 0.2) is 28.7 Å². The highest BCUT2D eigenvalue weighted by Gasteiger charge is 2.30. The van der Waals surface area contributed by atoms with E-state index in [1.165, 1.54) is 7.11 Å². The summed E-state index contributed by atoms with van der Waals surface area (Å²) in [5.74, 6) is -0.410. The number of carbonyl (C=O) groups excluding carboxylic acids is 1. The normalized spacial score (nSPS) is 14.2. The molecule has 0 aliphatic heterocycles. The van der Waals surface area contributed by atoms with Crippen LogP contribution in [0.5, 0.6) is 0 Å². The predicted molar refractivity (Wildman–Crippen MR) is 65.0 cm³/mol. The molecule has 0 aliphatic carbocycles. The maximum absolute atomic E-state index is 11.2. The molecule has 88 valence electrons. The van der Waals surface area contributed by atoms with Crippen molar-refractivity contribution >= 4 is 21.9 Å². The fourth-order valence-corrected chi connectivity index (χ4v) is 1.77. The van der Waals surface area contributed by atoms with E-state index in [2.05, 4.69) is 20.7 Å². The zero-order valence-corrected chi connectivity index (χ0v) is 11.0. The van der Waals surface area contributed by atoms with Crippen LogP contribution in [0.4, 0.5) is 0 Å². The molecule has 0 heterocycles. The van der Waals surface area contributed by atoms with Crippen LogP contribution in [0.3, 0.4) is 0 Å². The van der Waals surface area contributed by atoms with E-state index in [1.54, 1.807) is 12.1 Å². The molecule has 0 radical (unpaired) electrons. The summed E-state index contributed by atoms with van der Waals surface area (Å²) in [5.41, 5.74) is -0.419. The predicted octanol–water partition coefficient (Wildman–Crippen LogP) is 2.61. The van der Waals surface area contributed by atoms with Gasteiger partial charge in [-0.05, 0) is 24.1 Å². The van der Waals surface area contributed by atoms with Crippen molar-refractivity contribution in [2.24, 2.45) is 0 Å². The molecule has 0 aromatic heterocycles. The number of carbonyl (C=O) groups is 1. The molecule has 1 unspecified atom stereocenters. The van der Waals surface area contributed by atoms with Gasteiger partial charge >= 0.3 is 5.97 Å². The maximum atomic E-state index is 11.2. The summed E-state index contributed by atoms with van der Waals surface area (Å²) in [6.07, 6.45) is 0.436. The van der Waals surface area contributed by atoms with Crippen molar-refractivity contribution in [1.29, 1.82) is 0 Å². The van der Waals surface area contributed by atoms with Gasteiger partial charge in [-0.2, -0.15) is 0 Å². The molecule has 3 nitrogen and oxygen atoms in total. The van der Waals surface area contributed by atoms with E-state index in [0.29, 0.717) is 6.42 Å². The van der Waals surface area contributed by atoms with E-state index in [9.17, 15) is 9.90 Å². The Labute approximate surface area is 104 Å². The van der Waals surface area contributed by atoms with Crippen LogP contribution in [0.1, 0.15) is 25.3 Å². The summed E-state index contributed by atoms with van der Waals surface area (Å²) >= 11 is 3.33. The first kappa shape index (κ1) is 13.2. The number of esters is 1. The Morgan fingerprint density at radius 2 is 2.00 bits per heavy atom. The molecule has 16 heavy (non-hydrogen) atoms.